The Labute approximate surface area is 238 Å². The van der Waals surface area contributed by atoms with Crippen LogP contribution in [0.3, 0.4) is 0 Å². The number of carboxylic acids is 1. The molecule has 4 N–H and O–H groups in total. The molecule has 1 saturated heterocycles. The number of aliphatic carboxylic acids is 1. The van der Waals surface area contributed by atoms with Crippen molar-refractivity contribution in [1.82, 2.24) is 4.72 Å². The fourth-order valence-corrected chi connectivity index (χ4v) is 5.37. The molecule has 220 valence electrons. The van der Waals surface area contributed by atoms with Crippen LogP contribution in [0, 0.1) is 13.8 Å². The molecule has 1 fully saturated rings. The van der Waals surface area contributed by atoms with E-state index in [1.807, 2.05) is 36.4 Å². The number of halogens is 3. The van der Waals surface area contributed by atoms with Crippen molar-refractivity contribution in [2.45, 2.75) is 44.7 Å². The number of hydrogen-bond acceptors (Lipinski definition) is 6. The Morgan fingerprint density at radius 3 is 2.22 bits per heavy atom. The van der Waals surface area contributed by atoms with E-state index < -0.39 is 23.1 Å². The molecule has 3 aromatic rings. The summed E-state index contributed by atoms with van der Waals surface area (Å²) in [5.74, 6) is -1.34. The van der Waals surface area contributed by atoms with E-state index in [1.54, 1.807) is 0 Å². The number of alkyl halides is 3. The van der Waals surface area contributed by atoms with Crippen molar-refractivity contribution in [2.24, 2.45) is 5.73 Å². The fraction of sp³-hybridized carbons (Fsp3) is 0.310. The number of amides is 1. The third kappa shape index (κ3) is 9.05. The van der Waals surface area contributed by atoms with Crippen LogP contribution >= 0.6 is 0 Å². The van der Waals surface area contributed by atoms with Gasteiger partial charge in [-0.25, -0.2) is 9.00 Å². The minimum Gasteiger partial charge on any atom is -0.494 e. The summed E-state index contributed by atoms with van der Waals surface area (Å²) in [4.78, 5) is 20.4. The van der Waals surface area contributed by atoms with Crippen LogP contribution in [0.2, 0.25) is 0 Å². The number of ether oxygens (including phenoxy) is 2. The highest BCUT2D eigenvalue weighted by Gasteiger charge is 2.38. The molecule has 0 aromatic heterocycles. The molecule has 41 heavy (non-hydrogen) atoms. The molecular weight excluding hydrogens is 561 g/mol. The summed E-state index contributed by atoms with van der Waals surface area (Å²) >= 11 is 0. The fourth-order valence-electron chi connectivity index (χ4n) is 4.21. The summed E-state index contributed by atoms with van der Waals surface area (Å²) in [6.45, 7) is 5.87. The lowest BCUT2D eigenvalue weighted by Crippen LogP contribution is -2.21. The van der Waals surface area contributed by atoms with Gasteiger partial charge in [-0.2, -0.15) is 13.2 Å². The molecule has 0 bridgehead atoms. The summed E-state index contributed by atoms with van der Waals surface area (Å²) in [6, 6.07) is 20.0. The van der Waals surface area contributed by atoms with Crippen molar-refractivity contribution in [3.8, 4) is 22.6 Å². The van der Waals surface area contributed by atoms with Crippen molar-refractivity contribution in [1.29, 1.82) is 0 Å². The smallest absolute Gasteiger partial charge is 0.490 e. The summed E-state index contributed by atoms with van der Waals surface area (Å²) in [5, 5.41) is 6.82. The van der Waals surface area contributed by atoms with Gasteiger partial charge < -0.3 is 20.3 Å². The second-order valence-corrected chi connectivity index (χ2v) is 10.7. The predicted octanol–water partition coefficient (Wildman–Crippen LogP) is 5.14. The van der Waals surface area contributed by atoms with Gasteiger partial charge in [0.1, 0.15) is 29.1 Å². The Hall–Kier alpha value is -3.90. The van der Waals surface area contributed by atoms with Crippen LogP contribution in [0.4, 0.5) is 13.2 Å². The van der Waals surface area contributed by atoms with E-state index in [2.05, 4.69) is 42.8 Å². The first-order valence-corrected chi connectivity index (χ1v) is 13.9. The van der Waals surface area contributed by atoms with Gasteiger partial charge in [0, 0.05) is 6.42 Å². The average molecular weight is 593 g/mol. The van der Waals surface area contributed by atoms with Crippen LogP contribution < -0.4 is 19.9 Å². The van der Waals surface area contributed by atoms with Crippen molar-refractivity contribution in [2.75, 3.05) is 13.2 Å². The minimum absolute atomic E-state index is 0.178. The maximum atomic E-state index is 12.0. The number of rotatable bonds is 9. The third-order valence-corrected chi connectivity index (χ3v) is 7.47. The summed E-state index contributed by atoms with van der Waals surface area (Å²) in [5.41, 5.74) is 12.1. The maximum absolute atomic E-state index is 12.0. The average Bonchev–Trinajstić information content (AvgIpc) is 3.25. The zero-order valence-corrected chi connectivity index (χ0v) is 23.3. The highest BCUT2D eigenvalue weighted by atomic mass is 32.2. The molecule has 0 spiro atoms. The van der Waals surface area contributed by atoms with E-state index in [0.29, 0.717) is 19.8 Å². The van der Waals surface area contributed by atoms with Gasteiger partial charge in [-0.15, -0.1) is 0 Å². The standard InChI is InChI=1S/C27H30N2O4S.C2HF3O2/c1-18-13-24(32-12-4-11-28)14-19(2)27(18)22-6-3-5-20(15-22)17-33-23-9-7-21(8-10-23)25-16-26(30)29-34(25)31;3-2(4,5)1(6)7/h3,5-10,13-15,25H,4,11-12,16-17,28H2,1-2H3,(H,29,30);(H,6,7). The number of aryl methyl sites for hydroxylation is 2. The molecule has 3 aromatic carbocycles. The number of hydrogen-bond donors (Lipinski definition) is 3. The molecule has 1 aliphatic heterocycles. The van der Waals surface area contributed by atoms with Crippen LogP contribution in [-0.2, 0) is 27.2 Å². The third-order valence-electron chi connectivity index (χ3n) is 6.08. The molecule has 4 rings (SSSR count). The number of nitrogens with one attached hydrogen (secondary N) is 1. The van der Waals surface area contributed by atoms with E-state index >= 15 is 0 Å². The molecule has 1 amide bonds. The van der Waals surface area contributed by atoms with Crippen molar-refractivity contribution < 1.29 is 41.5 Å². The van der Waals surface area contributed by atoms with Crippen LogP contribution in [0.5, 0.6) is 11.5 Å². The first-order chi connectivity index (χ1) is 19.4. The number of carboxylic acid groups (broad SMARTS) is 1. The largest absolute Gasteiger partial charge is 0.494 e. The summed E-state index contributed by atoms with van der Waals surface area (Å²) in [6.07, 6.45) is -4.00. The van der Waals surface area contributed by atoms with Gasteiger partial charge in [-0.3, -0.25) is 9.52 Å². The Morgan fingerprint density at radius 2 is 1.68 bits per heavy atom. The van der Waals surface area contributed by atoms with Crippen LogP contribution in [0.1, 0.15) is 40.3 Å². The molecule has 2 unspecified atom stereocenters. The molecular formula is C29H31F3N2O6S. The van der Waals surface area contributed by atoms with Crippen LogP contribution in [-0.4, -0.2) is 40.5 Å². The van der Waals surface area contributed by atoms with Gasteiger partial charge in [0.2, 0.25) is 5.91 Å². The zero-order valence-electron chi connectivity index (χ0n) is 22.5. The first-order valence-electron chi connectivity index (χ1n) is 12.7. The molecule has 0 saturated carbocycles. The van der Waals surface area contributed by atoms with Gasteiger partial charge in [-0.1, -0.05) is 30.3 Å². The number of carbonyl (C=O) groups excluding carboxylic acids is 1. The lowest BCUT2D eigenvalue weighted by Gasteiger charge is -2.15. The van der Waals surface area contributed by atoms with Crippen LogP contribution in [0.25, 0.3) is 11.1 Å². The first kappa shape index (κ1) is 31.6. The molecule has 2 atom stereocenters. The second-order valence-electron chi connectivity index (χ2n) is 9.30. The normalized spacial score (nSPS) is 16.4. The lowest BCUT2D eigenvalue weighted by molar-refractivity contribution is -0.192. The molecule has 0 radical (unpaired) electrons. The molecule has 1 heterocycles. The minimum atomic E-state index is -5.08. The van der Waals surface area contributed by atoms with E-state index in [9.17, 15) is 22.2 Å². The van der Waals surface area contributed by atoms with Crippen molar-refractivity contribution >= 4 is 22.9 Å². The number of nitrogens with two attached hydrogens (primary N) is 1. The van der Waals surface area contributed by atoms with Crippen molar-refractivity contribution in [3.63, 3.8) is 0 Å². The Bertz CT molecular complexity index is 1370. The highest BCUT2D eigenvalue weighted by molar-refractivity contribution is 7.84. The quantitative estimate of drug-likeness (QED) is 0.294. The molecule has 12 heteroatoms. The summed E-state index contributed by atoms with van der Waals surface area (Å²) < 4.78 is 58.0. The Kier molecular flexibility index (Phi) is 10.9. The van der Waals surface area contributed by atoms with E-state index in [0.717, 1.165) is 45.7 Å². The second kappa shape index (κ2) is 14.1. The maximum Gasteiger partial charge on any atom is 0.490 e. The van der Waals surface area contributed by atoms with Gasteiger partial charge in [-0.05, 0) is 90.5 Å². The van der Waals surface area contributed by atoms with Gasteiger partial charge in [0.15, 0.2) is 0 Å². The molecule has 1 aliphatic rings. The highest BCUT2D eigenvalue weighted by Crippen LogP contribution is 2.32. The molecule has 0 aliphatic carbocycles. The SMILES string of the molecule is Cc1cc(OCCCN)cc(C)c1-c1cccc(COc2ccc(C3CC(=O)NS3=O)cc2)c1.O=C(O)C(F)(F)F. The van der Waals surface area contributed by atoms with E-state index in [4.69, 9.17) is 25.1 Å². The Balaban J connectivity index is 0.000000587. The van der Waals surface area contributed by atoms with Gasteiger partial charge in [0.05, 0.1) is 11.9 Å². The van der Waals surface area contributed by atoms with Gasteiger partial charge in [0.25, 0.3) is 0 Å². The Morgan fingerprint density at radius 1 is 1.05 bits per heavy atom. The summed E-state index contributed by atoms with van der Waals surface area (Å²) in [7, 11) is -1.36. The predicted molar refractivity (Wildman–Crippen MR) is 149 cm³/mol. The van der Waals surface area contributed by atoms with Crippen molar-refractivity contribution in [3.05, 3.63) is 82.9 Å². The number of carbonyl (C=O) groups is 2. The number of benzene rings is 3. The lowest BCUT2D eigenvalue weighted by atomic mass is 9.94. The van der Waals surface area contributed by atoms with Gasteiger partial charge >= 0.3 is 12.1 Å². The monoisotopic (exact) mass is 592 g/mol. The molecule has 8 nitrogen and oxygen atoms in total. The van der Waals surface area contributed by atoms with E-state index in [-0.39, 0.29) is 17.6 Å². The topological polar surface area (TPSA) is 128 Å². The zero-order chi connectivity index (χ0) is 30.2. The van der Waals surface area contributed by atoms with E-state index in [1.165, 1.54) is 5.56 Å². The van der Waals surface area contributed by atoms with Crippen LogP contribution in [0.15, 0.2) is 60.7 Å².